The summed E-state index contributed by atoms with van der Waals surface area (Å²) in [5.74, 6) is 0.287. The molecule has 0 aliphatic carbocycles. The lowest BCUT2D eigenvalue weighted by Crippen LogP contribution is -2.52. The van der Waals surface area contributed by atoms with Crippen molar-refractivity contribution in [2.24, 2.45) is 10.8 Å². The Morgan fingerprint density at radius 1 is 1.18 bits per heavy atom. The minimum Gasteiger partial charge on any atom is -0.342 e. The van der Waals surface area contributed by atoms with E-state index in [0.29, 0.717) is 6.54 Å². The minimum absolute atomic E-state index is 0.0414. The van der Waals surface area contributed by atoms with Crippen molar-refractivity contribution < 1.29 is 9.59 Å². The predicted molar refractivity (Wildman–Crippen MR) is 111 cm³/mol. The van der Waals surface area contributed by atoms with Crippen molar-refractivity contribution in [3.63, 3.8) is 0 Å². The predicted octanol–water partition coefficient (Wildman–Crippen LogP) is 2.57. The van der Waals surface area contributed by atoms with Gasteiger partial charge in [0, 0.05) is 52.2 Å². The molecule has 0 saturated carbocycles. The Kier molecular flexibility index (Phi) is 5.16. The molecule has 7 heteroatoms. The summed E-state index contributed by atoms with van der Waals surface area (Å²) in [6.07, 6.45) is 2.89. The highest BCUT2D eigenvalue weighted by molar-refractivity contribution is 7.07. The first-order valence-electron chi connectivity index (χ1n) is 10.4. The van der Waals surface area contributed by atoms with Crippen LogP contribution in [0, 0.1) is 10.8 Å². The second-order valence-electron chi connectivity index (χ2n) is 8.94. The summed E-state index contributed by atoms with van der Waals surface area (Å²) in [4.78, 5) is 34.3. The highest BCUT2D eigenvalue weighted by atomic mass is 32.1. The third kappa shape index (κ3) is 3.03. The zero-order chi connectivity index (χ0) is 19.9. The Morgan fingerprint density at radius 3 is 2.50 bits per heavy atom. The molecule has 3 aliphatic rings. The van der Waals surface area contributed by atoms with E-state index in [4.69, 9.17) is 0 Å². The minimum atomic E-state index is -0.386. The summed E-state index contributed by atoms with van der Waals surface area (Å²) in [5, 5.41) is 4.35. The van der Waals surface area contributed by atoms with E-state index in [1.54, 1.807) is 30.3 Å². The van der Waals surface area contributed by atoms with Gasteiger partial charge in [-0.3, -0.25) is 9.69 Å². The molecule has 3 amide bonds. The van der Waals surface area contributed by atoms with Crippen LogP contribution in [0.4, 0.5) is 4.79 Å². The molecule has 3 saturated heterocycles. The molecule has 4 heterocycles. The quantitative estimate of drug-likeness (QED) is 0.778. The zero-order valence-electron chi connectivity index (χ0n) is 17.3. The summed E-state index contributed by atoms with van der Waals surface area (Å²) in [7, 11) is 3.61. The number of hydrogen-bond donors (Lipinski definition) is 0. The van der Waals surface area contributed by atoms with Gasteiger partial charge in [-0.2, -0.15) is 11.3 Å². The monoisotopic (exact) mass is 404 g/mol. The Balaban J connectivity index is 1.56. The third-order valence-electron chi connectivity index (χ3n) is 7.31. The topological polar surface area (TPSA) is 47.1 Å². The van der Waals surface area contributed by atoms with Crippen LogP contribution in [0.15, 0.2) is 16.8 Å². The van der Waals surface area contributed by atoms with Crippen molar-refractivity contribution in [2.75, 3.05) is 53.4 Å². The second kappa shape index (κ2) is 7.34. The van der Waals surface area contributed by atoms with Crippen molar-refractivity contribution in [2.45, 2.75) is 32.7 Å². The number of rotatable bonds is 3. The van der Waals surface area contributed by atoms with Gasteiger partial charge in [0.1, 0.15) is 0 Å². The van der Waals surface area contributed by atoms with E-state index in [0.717, 1.165) is 58.5 Å². The number of carbonyl (C=O) groups excluding carboxylic acids is 2. The molecule has 2 spiro atoms. The third-order valence-corrected chi connectivity index (χ3v) is 8.04. The fraction of sp³-hybridized carbons (Fsp3) is 0.714. The van der Waals surface area contributed by atoms with E-state index >= 15 is 0 Å². The molecule has 0 N–H and O–H groups in total. The molecule has 154 valence electrons. The van der Waals surface area contributed by atoms with Gasteiger partial charge in [-0.05, 0) is 61.7 Å². The van der Waals surface area contributed by atoms with Gasteiger partial charge >= 0.3 is 6.03 Å². The molecule has 0 aromatic carbocycles. The number of piperidine rings is 1. The lowest BCUT2D eigenvalue weighted by atomic mass is 9.60. The maximum Gasteiger partial charge on any atom is 0.319 e. The first-order chi connectivity index (χ1) is 13.4. The van der Waals surface area contributed by atoms with Crippen LogP contribution in [0.25, 0.3) is 0 Å². The molecule has 0 bridgehead atoms. The van der Waals surface area contributed by atoms with Gasteiger partial charge < -0.3 is 14.7 Å². The molecule has 4 rings (SSSR count). The molecule has 1 aromatic rings. The molecule has 6 nitrogen and oxygen atoms in total. The van der Waals surface area contributed by atoms with E-state index in [1.165, 1.54) is 5.56 Å². The van der Waals surface area contributed by atoms with Crippen LogP contribution in [0.2, 0.25) is 0 Å². The average Bonchev–Trinajstić information content (AvgIpc) is 3.38. The zero-order valence-corrected chi connectivity index (χ0v) is 18.1. The van der Waals surface area contributed by atoms with Crippen LogP contribution in [-0.4, -0.2) is 84.9 Å². The van der Waals surface area contributed by atoms with E-state index < -0.39 is 0 Å². The summed E-state index contributed by atoms with van der Waals surface area (Å²) < 4.78 is 0. The van der Waals surface area contributed by atoms with Gasteiger partial charge in [-0.1, -0.05) is 0 Å². The van der Waals surface area contributed by atoms with Gasteiger partial charge in [-0.15, -0.1) is 0 Å². The van der Waals surface area contributed by atoms with Crippen molar-refractivity contribution in [1.29, 1.82) is 0 Å². The summed E-state index contributed by atoms with van der Waals surface area (Å²) >= 11 is 1.75. The van der Waals surface area contributed by atoms with Crippen molar-refractivity contribution >= 4 is 23.3 Å². The fourth-order valence-corrected chi connectivity index (χ4v) is 6.34. The van der Waals surface area contributed by atoms with Crippen molar-refractivity contribution in [1.82, 2.24) is 19.6 Å². The maximum absolute atomic E-state index is 13.5. The van der Waals surface area contributed by atoms with Crippen molar-refractivity contribution in [3.05, 3.63) is 22.4 Å². The van der Waals surface area contributed by atoms with Crippen LogP contribution >= 0.6 is 11.3 Å². The number of hydrogen-bond acceptors (Lipinski definition) is 4. The second-order valence-corrected chi connectivity index (χ2v) is 9.72. The lowest BCUT2D eigenvalue weighted by molar-refractivity contribution is -0.142. The molecule has 1 aromatic heterocycles. The Labute approximate surface area is 172 Å². The molecule has 1 unspecified atom stereocenters. The highest BCUT2D eigenvalue weighted by Crippen LogP contribution is 2.58. The normalized spacial score (nSPS) is 27.3. The van der Waals surface area contributed by atoms with Gasteiger partial charge in [0.25, 0.3) is 0 Å². The average molecular weight is 405 g/mol. The number of thiophene rings is 1. The SMILES string of the molecule is CCN1CCC2(CN(C(=O)N(C)C)CC23CCN(Cc2ccsc2)CC3)C1=O. The van der Waals surface area contributed by atoms with Gasteiger partial charge in [0.2, 0.25) is 5.91 Å². The standard InChI is InChI=1S/C21H32N4O2S/c1-4-24-11-8-21(18(24)26)16-25(19(27)22(2)3)15-20(21)6-9-23(10-7-20)13-17-5-12-28-14-17/h5,12,14H,4,6-11,13,15-16H2,1-3H3. The van der Waals surface area contributed by atoms with Gasteiger partial charge in [0.15, 0.2) is 0 Å². The molecule has 3 fully saturated rings. The number of fused-ring (bicyclic) bond motifs is 1. The number of nitrogens with zero attached hydrogens (tertiary/aromatic N) is 4. The van der Waals surface area contributed by atoms with E-state index in [2.05, 4.69) is 28.7 Å². The lowest BCUT2D eigenvalue weighted by Gasteiger charge is -2.46. The van der Waals surface area contributed by atoms with Gasteiger partial charge in [-0.25, -0.2) is 4.79 Å². The fourth-order valence-electron chi connectivity index (χ4n) is 5.68. The molecule has 28 heavy (non-hydrogen) atoms. The maximum atomic E-state index is 13.5. The Bertz CT molecular complexity index is 727. The van der Waals surface area contributed by atoms with Crippen LogP contribution < -0.4 is 0 Å². The van der Waals surface area contributed by atoms with Crippen LogP contribution in [-0.2, 0) is 11.3 Å². The van der Waals surface area contributed by atoms with Crippen LogP contribution in [0.1, 0.15) is 31.7 Å². The molecular formula is C21H32N4O2S. The van der Waals surface area contributed by atoms with E-state index in [1.807, 2.05) is 9.80 Å². The molecule has 0 radical (unpaired) electrons. The largest absolute Gasteiger partial charge is 0.342 e. The van der Waals surface area contributed by atoms with Crippen LogP contribution in [0.3, 0.4) is 0 Å². The Hall–Kier alpha value is -1.60. The van der Waals surface area contributed by atoms with Crippen molar-refractivity contribution in [3.8, 4) is 0 Å². The highest BCUT2D eigenvalue weighted by Gasteiger charge is 2.65. The number of likely N-dealkylation sites (tertiary alicyclic amines) is 3. The number of urea groups is 1. The summed E-state index contributed by atoms with van der Waals surface area (Å²) in [6, 6.07) is 2.24. The molecular weight excluding hydrogens is 372 g/mol. The smallest absolute Gasteiger partial charge is 0.319 e. The van der Waals surface area contributed by atoms with Gasteiger partial charge in [0.05, 0.1) is 5.41 Å². The Morgan fingerprint density at radius 2 is 1.93 bits per heavy atom. The van der Waals surface area contributed by atoms with E-state index in [-0.39, 0.29) is 22.8 Å². The van der Waals surface area contributed by atoms with Crippen LogP contribution in [0.5, 0.6) is 0 Å². The molecule has 3 aliphatic heterocycles. The number of amides is 3. The number of carbonyl (C=O) groups is 2. The first-order valence-corrected chi connectivity index (χ1v) is 11.3. The first kappa shape index (κ1) is 19.7. The summed E-state index contributed by atoms with van der Waals surface area (Å²) in [5.41, 5.74) is 0.911. The molecule has 1 atom stereocenters. The summed E-state index contributed by atoms with van der Waals surface area (Å²) in [6.45, 7) is 7.96. The van der Waals surface area contributed by atoms with E-state index in [9.17, 15) is 9.59 Å².